The standard InChI is InChI=1S/C20H24N4O4/c25-17-8-7-16(20(28)22-17)21-19(27)13-11-18(26)24(12-13)15-5-3-14(4-6-15)23-9-1-2-10-23/h3-6,13,16H,1-2,7-12H2,(H,21,27)(H,22,25,28). The molecule has 0 aliphatic carbocycles. The Morgan fingerprint density at radius 1 is 1.04 bits per heavy atom. The number of imide groups is 1. The predicted octanol–water partition coefficient (Wildman–Crippen LogP) is 0.561. The van der Waals surface area contributed by atoms with Crippen LogP contribution in [0.15, 0.2) is 24.3 Å². The molecule has 0 bridgehead atoms. The van der Waals surface area contributed by atoms with Crippen LogP contribution < -0.4 is 20.4 Å². The summed E-state index contributed by atoms with van der Waals surface area (Å²) < 4.78 is 0. The molecular formula is C20H24N4O4. The molecule has 148 valence electrons. The van der Waals surface area contributed by atoms with Crippen molar-refractivity contribution in [3.8, 4) is 0 Å². The van der Waals surface area contributed by atoms with Crippen LogP contribution >= 0.6 is 0 Å². The summed E-state index contributed by atoms with van der Waals surface area (Å²) in [5, 5.41) is 4.90. The zero-order valence-corrected chi connectivity index (χ0v) is 15.6. The van der Waals surface area contributed by atoms with E-state index in [1.807, 2.05) is 24.3 Å². The van der Waals surface area contributed by atoms with Crippen LogP contribution in [0.1, 0.15) is 32.1 Å². The third-order valence-electron chi connectivity index (χ3n) is 5.68. The van der Waals surface area contributed by atoms with E-state index in [4.69, 9.17) is 0 Å². The Kier molecular flexibility index (Phi) is 5.02. The zero-order valence-electron chi connectivity index (χ0n) is 15.6. The molecule has 0 saturated carbocycles. The molecule has 3 aliphatic heterocycles. The van der Waals surface area contributed by atoms with Gasteiger partial charge in [-0.2, -0.15) is 0 Å². The van der Waals surface area contributed by atoms with E-state index in [0.717, 1.165) is 24.5 Å². The van der Waals surface area contributed by atoms with Gasteiger partial charge in [-0.15, -0.1) is 0 Å². The molecule has 3 fully saturated rings. The number of benzene rings is 1. The highest BCUT2D eigenvalue weighted by atomic mass is 16.2. The van der Waals surface area contributed by atoms with E-state index >= 15 is 0 Å². The highest BCUT2D eigenvalue weighted by Crippen LogP contribution is 2.28. The van der Waals surface area contributed by atoms with Crippen molar-refractivity contribution >= 4 is 35.0 Å². The molecule has 3 saturated heterocycles. The number of nitrogens with zero attached hydrogens (tertiary/aromatic N) is 2. The Labute approximate surface area is 163 Å². The van der Waals surface area contributed by atoms with Crippen molar-refractivity contribution in [1.29, 1.82) is 0 Å². The largest absolute Gasteiger partial charge is 0.372 e. The summed E-state index contributed by atoms with van der Waals surface area (Å²) in [5.41, 5.74) is 1.93. The lowest BCUT2D eigenvalue weighted by Gasteiger charge is -2.23. The summed E-state index contributed by atoms with van der Waals surface area (Å²) in [6, 6.07) is 7.17. The van der Waals surface area contributed by atoms with Gasteiger partial charge >= 0.3 is 0 Å². The van der Waals surface area contributed by atoms with E-state index in [2.05, 4.69) is 15.5 Å². The number of carbonyl (C=O) groups is 4. The van der Waals surface area contributed by atoms with Crippen LogP contribution in [0.4, 0.5) is 11.4 Å². The van der Waals surface area contributed by atoms with Crippen molar-refractivity contribution in [1.82, 2.24) is 10.6 Å². The van der Waals surface area contributed by atoms with Crippen LogP contribution in [0.3, 0.4) is 0 Å². The smallest absolute Gasteiger partial charge is 0.249 e. The van der Waals surface area contributed by atoms with E-state index in [9.17, 15) is 19.2 Å². The SMILES string of the molecule is O=C1CCC(NC(=O)C2CC(=O)N(c3ccc(N4CCCC4)cc3)C2)C(=O)N1. The summed E-state index contributed by atoms with van der Waals surface area (Å²) in [6.45, 7) is 2.41. The molecule has 4 amide bonds. The van der Waals surface area contributed by atoms with Crippen LogP contribution in [0.2, 0.25) is 0 Å². The maximum absolute atomic E-state index is 12.5. The molecule has 0 aromatic heterocycles. The Morgan fingerprint density at radius 2 is 1.71 bits per heavy atom. The second kappa shape index (κ2) is 7.61. The molecule has 2 unspecified atom stereocenters. The maximum Gasteiger partial charge on any atom is 0.249 e. The van der Waals surface area contributed by atoms with Crippen LogP contribution in [0.5, 0.6) is 0 Å². The zero-order chi connectivity index (χ0) is 19.7. The lowest BCUT2D eigenvalue weighted by atomic mass is 10.0. The summed E-state index contributed by atoms with van der Waals surface area (Å²) in [4.78, 5) is 52.0. The molecule has 0 radical (unpaired) electrons. The lowest BCUT2D eigenvalue weighted by molar-refractivity contribution is -0.138. The molecule has 4 rings (SSSR count). The fourth-order valence-corrected chi connectivity index (χ4v) is 4.07. The Balaban J connectivity index is 1.37. The minimum absolute atomic E-state index is 0.0997. The van der Waals surface area contributed by atoms with Crippen molar-refractivity contribution < 1.29 is 19.2 Å². The van der Waals surface area contributed by atoms with Gasteiger partial charge in [-0.05, 0) is 43.5 Å². The quantitative estimate of drug-likeness (QED) is 0.739. The summed E-state index contributed by atoms with van der Waals surface area (Å²) in [7, 11) is 0. The summed E-state index contributed by atoms with van der Waals surface area (Å²) >= 11 is 0. The Bertz CT molecular complexity index is 801. The molecule has 1 aromatic rings. The normalized spacial score (nSPS) is 25.2. The molecule has 1 aromatic carbocycles. The number of piperidine rings is 1. The van der Waals surface area contributed by atoms with Crippen LogP contribution in [-0.2, 0) is 19.2 Å². The van der Waals surface area contributed by atoms with Crippen LogP contribution in [-0.4, -0.2) is 49.3 Å². The number of rotatable bonds is 4. The van der Waals surface area contributed by atoms with E-state index in [0.29, 0.717) is 13.0 Å². The minimum atomic E-state index is -0.714. The third kappa shape index (κ3) is 3.72. The van der Waals surface area contributed by atoms with Crippen molar-refractivity contribution in [2.75, 3.05) is 29.4 Å². The fourth-order valence-electron chi connectivity index (χ4n) is 4.07. The average molecular weight is 384 g/mol. The van der Waals surface area contributed by atoms with Gasteiger partial charge in [0, 0.05) is 43.9 Å². The number of amides is 4. The first kappa shape index (κ1) is 18.5. The fraction of sp³-hybridized carbons (Fsp3) is 0.500. The third-order valence-corrected chi connectivity index (χ3v) is 5.68. The number of hydrogen-bond donors (Lipinski definition) is 2. The predicted molar refractivity (Wildman–Crippen MR) is 103 cm³/mol. The minimum Gasteiger partial charge on any atom is -0.372 e. The van der Waals surface area contributed by atoms with E-state index < -0.39 is 17.9 Å². The maximum atomic E-state index is 12.5. The van der Waals surface area contributed by atoms with Crippen molar-refractivity contribution in [3.63, 3.8) is 0 Å². The molecular weight excluding hydrogens is 360 g/mol. The van der Waals surface area contributed by atoms with Crippen molar-refractivity contribution in [2.45, 2.75) is 38.1 Å². The molecule has 3 aliphatic rings. The monoisotopic (exact) mass is 384 g/mol. The van der Waals surface area contributed by atoms with Gasteiger partial charge in [-0.3, -0.25) is 24.5 Å². The average Bonchev–Trinajstić information content (AvgIpc) is 3.34. The van der Waals surface area contributed by atoms with E-state index in [1.54, 1.807) is 4.90 Å². The first-order chi connectivity index (χ1) is 13.5. The summed E-state index contributed by atoms with van der Waals surface area (Å²) in [5.74, 6) is -1.73. The molecule has 2 atom stereocenters. The number of carbonyl (C=O) groups excluding carboxylic acids is 4. The molecule has 28 heavy (non-hydrogen) atoms. The van der Waals surface area contributed by atoms with Gasteiger partial charge in [0.2, 0.25) is 23.6 Å². The molecule has 8 nitrogen and oxygen atoms in total. The van der Waals surface area contributed by atoms with Gasteiger partial charge in [-0.1, -0.05) is 0 Å². The van der Waals surface area contributed by atoms with Gasteiger partial charge in [0.25, 0.3) is 0 Å². The first-order valence-corrected chi connectivity index (χ1v) is 9.81. The Hall–Kier alpha value is -2.90. The van der Waals surface area contributed by atoms with Gasteiger partial charge in [0.1, 0.15) is 6.04 Å². The van der Waals surface area contributed by atoms with Crippen LogP contribution in [0.25, 0.3) is 0 Å². The highest BCUT2D eigenvalue weighted by molar-refractivity contribution is 6.03. The second-order valence-electron chi connectivity index (χ2n) is 7.63. The first-order valence-electron chi connectivity index (χ1n) is 9.81. The molecule has 3 heterocycles. The summed E-state index contributed by atoms with van der Waals surface area (Å²) in [6.07, 6.45) is 3.02. The molecule has 0 spiro atoms. The van der Waals surface area contributed by atoms with Crippen molar-refractivity contribution in [3.05, 3.63) is 24.3 Å². The number of nitrogens with one attached hydrogen (secondary N) is 2. The Morgan fingerprint density at radius 3 is 2.39 bits per heavy atom. The van der Waals surface area contributed by atoms with Gasteiger partial charge < -0.3 is 15.1 Å². The topological polar surface area (TPSA) is 98.8 Å². The van der Waals surface area contributed by atoms with Gasteiger partial charge in [0.05, 0.1) is 5.92 Å². The van der Waals surface area contributed by atoms with E-state index in [-0.39, 0.29) is 30.6 Å². The number of anilines is 2. The second-order valence-corrected chi connectivity index (χ2v) is 7.63. The van der Waals surface area contributed by atoms with Gasteiger partial charge in [0.15, 0.2) is 0 Å². The van der Waals surface area contributed by atoms with E-state index in [1.165, 1.54) is 12.8 Å². The van der Waals surface area contributed by atoms with Gasteiger partial charge in [-0.25, -0.2) is 0 Å². The van der Waals surface area contributed by atoms with Crippen LogP contribution in [0, 0.1) is 5.92 Å². The number of hydrogen-bond acceptors (Lipinski definition) is 5. The molecule has 8 heteroatoms. The highest BCUT2D eigenvalue weighted by Gasteiger charge is 2.37. The lowest BCUT2D eigenvalue weighted by Crippen LogP contribution is -2.53. The van der Waals surface area contributed by atoms with Crippen molar-refractivity contribution in [2.24, 2.45) is 5.92 Å². The molecule has 2 N–H and O–H groups in total.